The van der Waals surface area contributed by atoms with Crippen LogP contribution < -0.4 is 5.32 Å². The molecule has 0 heterocycles. The van der Waals surface area contributed by atoms with Gasteiger partial charge in [0.25, 0.3) is 5.91 Å². The lowest BCUT2D eigenvalue weighted by atomic mass is 9.88. The third-order valence-corrected chi connectivity index (χ3v) is 6.30. The quantitative estimate of drug-likeness (QED) is 0.507. The van der Waals surface area contributed by atoms with Crippen LogP contribution in [0.3, 0.4) is 0 Å². The fraction of sp³-hybridized carbons (Fsp3) is 0.364. The highest BCUT2D eigenvalue weighted by Gasteiger charge is 2.69. The van der Waals surface area contributed by atoms with Crippen molar-refractivity contribution in [3.05, 3.63) is 71.8 Å². The second-order valence-corrected chi connectivity index (χ2v) is 8.79. The molecule has 1 fully saturated rings. The summed E-state index contributed by atoms with van der Waals surface area (Å²) in [6.45, 7) is 1.77. The summed E-state index contributed by atoms with van der Waals surface area (Å²) in [5.74, 6) is -0.713. The smallest absolute Gasteiger partial charge is 0.315 e. The standard InChI is InChI=1S/C22H23Cl2NO3/c1-21(15-22(21,23)24)20(27)28-14-19(26)25-13-12-18(16-8-4-2-5-9-16)17-10-6-3-7-11-17/h2-11,18H,12-15H2,1H3,(H,25,26)/t21-/m1/s1. The Labute approximate surface area is 175 Å². The van der Waals surface area contributed by atoms with Crippen molar-refractivity contribution in [2.24, 2.45) is 5.41 Å². The molecular weight excluding hydrogens is 397 g/mol. The van der Waals surface area contributed by atoms with Crippen LogP contribution in [0.25, 0.3) is 0 Å². The number of amides is 1. The maximum absolute atomic E-state index is 12.1. The Morgan fingerprint density at radius 1 is 1.04 bits per heavy atom. The highest BCUT2D eigenvalue weighted by atomic mass is 35.5. The summed E-state index contributed by atoms with van der Waals surface area (Å²) in [5, 5.41) is 2.82. The van der Waals surface area contributed by atoms with Crippen LogP contribution in [-0.4, -0.2) is 29.4 Å². The SMILES string of the molecule is C[C@]1(C(=O)OCC(=O)NCCC(c2ccccc2)c2ccccc2)CC1(Cl)Cl. The Balaban J connectivity index is 1.50. The van der Waals surface area contributed by atoms with E-state index in [9.17, 15) is 9.59 Å². The topological polar surface area (TPSA) is 55.4 Å². The van der Waals surface area contributed by atoms with Crippen LogP contribution in [0.4, 0.5) is 0 Å². The van der Waals surface area contributed by atoms with E-state index >= 15 is 0 Å². The lowest BCUT2D eigenvalue weighted by molar-refractivity contribution is -0.153. The van der Waals surface area contributed by atoms with Gasteiger partial charge in [0.1, 0.15) is 9.75 Å². The van der Waals surface area contributed by atoms with Crippen LogP contribution in [0, 0.1) is 5.41 Å². The van der Waals surface area contributed by atoms with Crippen molar-refractivity contribution in [3.63, 3.8) is 0 Å². The number of carbonyl (C=O) groups is 2. The van der Waals surface area contributed by atoms with Gasteiger partial charge in [-0.3, -0.25) is 9.59 Å². The molecule has 148 valence electrons. The summed E-state index contributed by atoms with van der Waals surface area (Å²) in [6.07, 6.45) is 1.07. The highest BCUT2D eigenvalue weighted by Crippen LogP contribution is 2.64. The van der Waals surface area contributed by atoms with E-state index in [1.807, 2.05) is 36.4 Å². The first-order valence-electron chi connectivity index (χ1n) is 9.25. The maximum atomic E-state index is 12.1. The highest BCUT2D eigenvalue weighted by molar-refractivity contribution is 6.53. The van der Waals surface area contributed by atoms with Gasteiger partial charge in [0, 0.05) is 18.9 Å². The first-order chi connectivity index (χ1) is 13.3. The zero-order valence-corrected chi connectivity index (χ0v) is 17.2. The molecule has 1 saturated carbocycles. The molecular formula is C22H23Cl2NO3. The molecule has 3 rings (SSSR count). The van der Waals surface area contributed by atoms with E-state index < -0.39 is 15.7 Å². The van der Waals surface area contributed by atoms with Crippen molar-refractivity contribution >= 4 is 35.1 Å². The summed E-state index contributed by atoms with van der Waals surface area (Å²) in [7, 11) is 0. The van der Waals surface area contributed by atoms with E-state index in [1.165, 1.54) is 11.1 Å². The summed E-state index contributed by atoms with van der Waals surface area (Å²) >= 11 is 11.9. The minimum atomic E-state index is -1.10. The Bertz CT molecular complexity index is 787. The van der Waals surface area contributed by atoms with Gasteiger partial charge in [0.05, 0.1) is 0 Å². The zero-order valence-electron chi connectivity index (χ0n) is 15.7. The predicted molar refractivity (Wildman–Crippen MR) is 110 cm³/mol. The third-order valence-electron chi connectivity index (χ3n) is 5.20. The van der Waals surface area contributed by atoms with Crippen LogP contribution >= 0.6 is 23.2 Å². The van der Waals surface area contributed by atoms with Gasteiger partial charge in [-0.1, -0.05) is 60.7 Å². The maximum Gasteiger partial charge on any atom is 0.315 e. The van der Waals surface area contributed by atoms with Crippen LogP contribution in [0.5, 0.6) is 0 Å². The van der Waals surface area contributed by atoms with Gasteiger partial charge in [-0.15, -0.1) is 23.2 Å². The molecule has 0 spiro atoms. The molecule has 1 aliphatic rings. The normalized spacial score (nSPS) is 19.9. The lowest BCUT2D eigenvalue weighted by Gasteiger charge is -2.18. The van der Waals surface area contributed by atoms with Crippen LogP contribution in [0.15, 0.2) is 60.7 Å². The lowest BCUT2D eigenvalue weighted by Crippen LogP contribution is -2.32. The van der Waals surface area contributed by atoms with Gasteiger partial charge >= 0.3 is 5.97 Å². The van der Waals surface area contributed by atoms with Crippen LogP contribution in [0.2, 0.25) is 0 Å². The second-order valence-electron chi connectivity index (χ2n) is 7.30. The molecule has 4 nitrogen and oxygen atoms in total. The molecule has 28 heavy (non-hydrogen) atoms. The summed E-state index contributed by atoms with van der Waals surface area (Å²) in [4.78, 5) is 24.1. The Morgan fingerprint density at radius 2 is 1.54 bits per heavy atom. The summed E-state index contributed by atoms with van der Waals surface area (Å²) < 4.78 is 3.98. The van der Waals surface area contributed by atoms with Crippen molar-refractivity contribution < 1.29 is 14.3 Å². The monoisotopic (exact) mass is 419 g/mol. The van der Waals surface area contributed by atoms with E-state index in [0.29, 0.717) is 13.0 Å². The van der Waals surface area contributed by atoms with E-state index in [1.54, 1.807) is 6.92 Å². The molecule has 0 aromatic heterocycles. The molecule has 2 aromatic rings. The van der Waals surface area contributed by atoms with Gasteiger partial charge in [-0.05, 0) is 24.5 Å². The summed E-state index contributed by atoms with van der Waals surface area (Å²) in [5.41, 5.74) is 1.45. The number of carbonyl (C=O) groups excluding carboxylic acids is 2. The number of halogens is 2. The predicted octanol–water partition coefficient (Wildman–Crippen LogP) is 4.45. The fourth-order valence-corrected chi connectivity index (χ4v) is 3.90. The number of hydrogen-bond acceptors (Lipinski definition) is 3. The molecule has 1 atom stereocenters. The first-order valence-corrected chi connectivity index (χ1v) is 10.0. The fourth-order valence-electron chi connectivity index (χ4n) is 3.22. The van der Waals surface area contributed by atoms with Gasteiger partial charge < -0.3 is 10.1 Å². The van der Waals surface area contributed by atoms with E-state index in [4.69, 9.17) is 27.9 Å². The molecule has 2 aromatic carbocycles. The molecule has 6 heteroatoms. The molecule has 0 aliphatic heterocycles. The average Bonchev–Trinajstić information content (AvgIpc) is 3.23. The molecule has 1 N–H and O–H groups in total. The molecule has 0 radical (unpaired) electrons. The van der Waals surface area contributed by atoms with Crippen LogP contribution in [-0.2, 0) is 14.3 Å². The molecule has 0 unspecified atom stereocenters. The van der Waals surface area contributed by atoms with Crippen molar-refractivity contribution in [2.45, 2.75) is 30.0 Å². The first kappa shape index (κ1) is 20.7. The Kier molecular flexibility index (Phi) is 6.31. The second kappa shape index (κ2) is 8.54. The molecule has 0 saturated heterocycles. The van der Waals surface area contributed by atoms with Crippen molar-refractivity contribution in [1.29, 1.82) is 0 Å². The Hall–Kier alpha value is -2.04. The largest absolute Gasteiger partial charge is 0.455 e. The number of rotatable bonds is 8. The third kappa shape index (κ3) is 4.68. The van der Waals surface area contributed by atoms with Gasteiger partial charge in [0.2, 0.25) is 0 Å². The number of ether oxygens (including phenoxy) is 1. The molecule has 1 aliphatic carbocycles. The van der Waals surface area contributed by atoms with Crippen molar-refractivity contribution in [3.8, 4) is 0 Å². The van der Waals surface area contributed by atoms with Crippen LogP contribution in [0.1, 0.15) is 36.8 Å². The number of hydrogen-bond donors (Lipinski definition) is 1. The number of benzene rings is 2. The van der Waals surface area contributed by atoms with Gasteiger partial charge in [-0.2, -0.15) is 0 Å². The zero-order chi connectivity index (χ0) is 20.2. The minimum Gasteiger partial charge on any atom is -0.455 e. The van der Waals surface area contributed by atoms with Gasteiger partial charge in [-0.25, -0.2) is 0 Å². The van der Waals surface area contributed by atoms with E-state index in [0.717, 1.165) is 6.42 Å². The molecule has 1 amide bonds. The minimum absolute atomic E-state index is 0.170. The Morgan fingerprint density at radius 3 is 2.00 bits per heavy atom. The summed E-state index contributed by atoms with van der Waals surface area (Å²) in [6, 6.07) is 20.3. The van der Waals surface area contributed by atoms with E-state index in [2.05, 4.69) is 29.6 Å². The number of alkyl halides is 2. The van der Waals surface area contributed by atoms with Crippen molar-refractivity contribution in [2.75, 3.05) is 13.2 Å². The average molecular weight is 420 g/mol. The number of nitrogens with one attached hydrogen (secondary N) is 1. The number of esters is 1. The molecule has 0 bridgehead atoms. The van der Waals surface area contributed by atoms with Gasteiger partial charge in [0.15, 0.2) is 6.61 Å². The van der Waals surface area contributed by atoms with E-state index in [-0.39, 0.29) is 18.4 Å². The van der Waals surface area contributed by atoms with Crippen molar-refractivity contribution in [1.82, 2.24) is 5.32 Å².